The molecule has 24 heavy (non-hydrogen) atoms. The zero-order valence-electron chi connectivity index (χ0n) is 14.4. The van der Waals surface area contributed by atoms with Crippen molar-refractivity contribution in [3.63, 3.8) is 0 Å². The van der Waals surface area contributed by atoms with Gasteiger partial charge in [0.25, 0.3) is 0 Å². The second-order valence-corrected chi connectivity index (χ2v) is 7.48. The van der Waals surface area contributed by atoms with E-state index in [0.29, 0.717) is 19.5 Å². The van der Waals surface area contributed by atoms with Crippen molar-refractivity contribution in [1.29, 1.82) is 0 Å². The summed E-state index contributed by atoms with van der Waals surface area (Å²) in [6.07, 6.45) is -4.22. The van der Waals surface area contributed by atoms with Gasteiger partial charge in [-0.3, -0.25) is 4.90 Å². The zero-order chi connectivity index (χ0) is 18.3. The second-order valence-electron chi connectivity index (χ2n) is 7.48. The number of aliphatic hydroxyl groups excluding tert-OH is 1. The minimum Gasteiger partial charge on any atom is -0.398 e. The molecule has 2 aliphatic rings. The molecule has 0 spiro atoms. The van der Waals surface area contributed by atoms with Crippen molar-refractivity contribution >= 4 is 7.12 Å². The Hall–Kier alpha value is -0.635. The number of likely N-dealkylation sites (tertiary alicyclic amines) is 1. The number of hydrogen-bond acceptors (Lipinski definition) is 4. The molecule has 1 N–H and O–H groups in total. The van der Waals surface area contributed by atoms with Crippen LogP contribution in [-0.2, 0) is 9.31 Å². The van der Waals surface area contributed by atoms with Crippen LogP contribution >= 0.6 is 0 Å². The van der Waals surface area contributed by atoms with Crippen molar-refractivity contribution in [3.05, 3.63) is 11.3 Å². The Balaban J connectivity index is 2.22. The molecular formula is C15H24BF4NO3. The van der Waals surface area contributed by atoms with E-state index in [4.69, 9.17) is 14.4 Å². The molecule has 0 radical (unpaired) electrons. The Morgan fingerprint density at radius 1 is 1.21 bits per heavy atom. The lowest BCUT2D eigenvalue weighted by Gasteiger charge is -2.32. The summed E-state index contributed by atoms with van der Waals surface area (Å²) in [5.74, 6) is -0.0700. The van der Waals surface area contributed by atoms with Gasteiger partial charge in [-0.1, -0.05) is 0 Å². The highest BCUT2D eigenvalue weighted by Gasteiger charge is 2.55. The summed E-state index contributed by atoms with van der Waals surface area (Å²) < 4.78 is 65.5. The minimum absolute atomic E-state index is 0.0700. The second kappa shape index (κ2) is 6.59. The van der Waals surface area contributed by atoms with Crippen molar-refractivity contribution in [3.8, 4) is 0 Å². The number of halogens is 4. The fraction of sp³-hybridized carbons (Fsp3) is 0.867. The monoisotopic (exact) mass is 353 g/mol. The SMILES string of the molecule is CC1(C)OB(C(F)=C(CN2CCC(CO)C2)C(F)(F)F)OC1(C)C. The molecule has 2 rings (SSSR count). The van der Waals surface area contributed by atoms with Crippen molar-refractivity contribution < 1.29 is 32.0 Å². The van der Waals surface area contributed by atoms with Gasteiger partial charge in [-0.25, -0.2) is 4.39 Å². The van der Waals surface area contributed by atoms with Gasteiger partial charge >= 0.3 is 13.3 Å². The van der Waals surface area contributed by atoms with Crippen LogP contribution in [0.4, 0.5) is 17.6 Å². The average molecular weight is 353 g/mol. The fourth-order valence-electron chi connectivity index (χ4n) is 2.82. The summed E-state index contributed by atoms with van der Waals surface area (Å²) in [5, 5.41) is 9.10. The molecule has 0 aromatic rings. The number of alkyl halides is 3. The average Bonchev–Trinajstić information content (AvgIpc) is 2.96. The Bertz CT molecular complexity index is 491. The Kier molecular flexibility index (Phi) is 5.40. The molecule has 2 aliphatic heterocycles. The predicted molar refractivity (Wildman–Crippen MR) is 81.9 cm³/mol. The summed E-state index contributed by atoms with van der Waals surface area (Å²) in [6.45, 7) is 6.66. The minimum atomic E-state index is -4.81. The van der Waals surface area contributed by atoms with E-state index < -0.39 is 42.3 Å². The lowest BCUT2D eigenvalue weighted by atomic mass is 9.84. The van der Waals surface area contributed by atoms with Crippen LogP contribution in [-0.4, -0.2) is 60.7 Å². The topological polar surface area (TPSA) is 41.9 Å². The molecule has 2 fully saturated rings. The van der Waals surface area contributed by atoms with Crippen LogP contribution in [0.2, 0.25) is 0 Å². The van der Waals surface area contributed by atoms with Gasteiger partial charge in [0.15, 0.2) is 0 Å². The van der Waals surface area contributed by atoms with E-state index in [0.717, 1.165) is 0 Å². The van der Waals surface area contributed by atoms with E-state index in [2.05, 4.69) is 0 Å². The summed E-state index contributed by atoms with van der Waals surface area (Å²) in [6, 6.07) is 0. The molecule has 0 aromatic heterocycles. The van der Waals surface area contributed by atoms with Gasteiger partial charge in [0.05, 0.1) is 16.8 Å². The maximum atomic E-state index is 14.6. The summed E-state index contributed by atoms with van der Waals surface area (Å²) in [5.41, 5.74) is -4.53. The standard InChI is InChI=1S/C15H24BF4NO3/c1-13(2)14(3,4)24-16(23-13)12(17)11(15(18,19)20)8-21-6-5-10(7-21)9-22/h10,22H,5-9H2,1-4H3. The van der Waals surface area contributed by atoms with Gasteiger partial charge < -0.3 is 14.4 Å². The Morgan fingerprint density at radius 2 is 1.75 bits per heavy atom. The highest BCUT2D eigenvalue weighted by molar-refractivity contribution is 6.53. The Morgan fingerprint density at radius 3 is 2.17 bits per heavy atom. The van der Waals surface area contributed by atoms with E-state index in [1.54, 1.807) is 27.7 Å². The van der Waals surface area contributed by atoms with E-state index in [9.17, 15) is 17.6 Å². The van der Waals surface area contributed by atoms with Crippen LogP contribution in [0.3, 0.4) is 0 Å². The van der Waals surface area contributed by atoms with Gasteiger partial charge in [0, 0.05) is 19.7 Å². The number of nitrogens with zero attached hydrogens (tertiary/aromatic N) is 1. The molecule has 0 amide bonds. The number of hydrogen-bond donors (Lipinski definition) is 1. The molecular weight excluding hydrogens is 329 g/mol. The van der Waals surface area contributed by atoms with Crippen LogP contribution in [0.1, 0.15) is 34.1 Å². The quantitative estimate of drug-likeness (QED) is 0.624. The largest absolute Gasteiger partial charge is 0.525 e. The van der Waals surface area contributed by atoms with Crippen molar-refractivity contribution in [1.82, 2.24) is 4.90 Å². The first-order chi connectivity index (χ1) is 10.9. The highest BCUT2D eigenvalue weighted by atomic mass is 19.4. The van der Waals surface area contributed by atoms with Gasteiger partial charge in [-0.2, -0.15) is 13.2 Å². The van der Waals surface area contributed by atoms with Crippen molar-refractivity contribution in [2.75, 3.05) is 26.2 Å². The van der Waals surface area contributed by atoms with Gasteiger partial charge in [0.2, 0.25) is 0 Å². The fourth-order valence-corrected chi connectivity index (χ4v) is 2.82. The molecule has 2 heterocycles. The zero-order valence-corrected chi connectivity index (χ0v) is 14.4. The summed E-state index contributed by atoms with van der Waals surface area (Å²) in [7, 11) is -1.66. The smallest absolute Gasteiger partial charge is 0.398 e. The van der Waals surface area contributed by atoms with E-state index >= 15 is 0 Å². The third kappa shape index (κ3) is 3.95. The molecule has 0 aliphatic carbocycles. The molecule has 1 atom stereocenters. The Labute approximate surface area is 139 Å². The maximum Gasteiger partial charge on any atom is 0.525 e. The highest BCUT2D eigenvalue weighted by Crippen LogP contribution is 2.41. The normalized spacial score (nSPS) is 28.4. The number of aliphatic hydroxyl groups is 1. The molecule has 0 aromatic carbocycles. The van der Waals surface area contributed by atoms with E-state index in [1.165, 1.54) is 4.90 Å². The third-order valence-corrected chi connectivity index (χ3v) is 5.10. The molecule has 9 heteroatoms. The van der Waals surface area contributed by atoms with Crippen LogP contribution in [0, 0.1) is 5.92 Å². The van der Waals surface area contributed by atoms with Crippen LogP contribution in [0.25, 0.3) is 0 Å². The summed E-state index contributed by atoms with van der Waals surface area (Å²) in [4.78, 5) is 1.49. The van der Waals surface area contributed by atoms with Crippen molar-refractivity contribution in [2.24, 2.45) is 5.92 Å². The molecule has 138 valence electrons. The van der Waals surface area contributed by atoms with Gasteiger partial charge in [0.1, 0.15) is 5.73 Å². The molecule has 1 unspecified atom stereocenters. The molecule has 0 bridgehead atoms. The molecule has 2 saturated heterocycles. The lowest BCUT2D eigenvalue weighted by Crippen LogP contribution is -2.41. The molecule has 0 saturated carbocycles. The maximum absolute atomic E-state index is 14.6. The van der Waals surface area contributed by atoms with Crippen LogP contribution in [0.5, 0.6) is 0 Å². The van der Waals surface area contributed by atoms with Gasteiger partial charge in [-0.15, -0.1) is 0 Å². The first kappa shape index (κ1) is 19.7. The third-order valence-electron chi connectivity index (χ3n) is 5.10. The van der Waals surface area contributed by atoms with E-state index in [-0.39, 0.29) is 12.5 Å². The van der Waals surface area contributed by atoms with Crippen LogP contribution < -0.4 is 0 Å². The van der Waals surface area contributed by atoms with Gasteiger partial charge in [-0.05, 0) is 46.6 Å². The first-order valence-electron chi connectivity index (χ1n) is 8.02. The molecule has 4 nitrogen and oxygen atoms in total. The number of rotatable bonds is 4. The lowest BCUT2D eigenvalue weighted by molar-refractivity contribution is -0.0971. The van der Waals surface area contributed by atoms with Crippen LogP contribution in [0.15, 0.2) is 11.3 Å². The van der Waals surface area contributed by atoms with Crippen molar-refractivity contribution in [2.45, 2.75) is 51.5 Å². The van der Waals surface area contributed by atoms with E-state index in [1.807, 2.05) is 0 Å². The summed E-state index contributed by atoms with van der Waals surface area (Å²) >= 11 is 0. The predicted octanol–water partition coefficient (Wildman–Crippen LogP) is 2.72. The first-order valence-corrected chi connectivity index (χ1v) is 8.02.